The molecule has 0 radical (unpaired) electrons. The zero-order valence-electron chi connectivity index (χ0n) is 19.3. The molecule has 3 N–H and O–H groups in total. The molecule has 9 heteroatoms. The molecule has 0 amide bonds. The Bertz CT molecular complexity index is 1580. The molecule has 0 aromatic carbocycles. The van der Waals surface area contributed by atoms with Crippen molar-refractivity contribution in [2.24, 2.45) is 7.05 Å². The number of aryl methyl sites for hydroxylation is 1. The van der Waals surface area contributed by atoms with E-state index in [0.29, 0.717) is 16.9 Å². The standard InChI is InChI=1S/C26H25N7O2/c1-32-11-8-19-18(4-9-27-25(19)32)24-20-5-10-28-26(35)23(20)21(15-30-24)31-22-3-2-16(14-29-22)33-12-6-17(34)7-13-33/h2-5,8-11,14-15,17,34H,6-7,12-13H2,1H3,(H,28,35)(H,29,31). The van der Waals surface area contributed by atoms with Gasteiger partial charge in [-0.25, -0.2) is 9.97 Å². The lowest BCUT2D eigenvalue weighted by atomic mass is 10.0. The number of hydrogen-bond acceptors (Lipinski definition) is 7. The van der Waals surface area contributed by atoms with Gasteiger partial charge in [-0.2, -0.15) is 0 Å². The van der Waals surface area contributed by atoms with Crippen molar-refractivity contribution in [3.05, 3.63) is 71.7 Å². The molecule has 0 atom stereocenters. The van der Waals surface area contributed by atoms with Gasteiger partial charge in [0, 0.05) is 55.1 Å². The summed E-state index contributed by atoms with van der Waals surface area (Å²) in [6, 6.07) is 9.72. The number of anilines is 3. The monoisotopic (exact) mass is 467 g/mol. The van der Waals surface area contributed by atoms with Crippen molar-refractivity contribution in [2.45, 2.75) is 18.9 Å². The summed E-state index contributed by atoms with van der Waals surface area (Å²) in [7, 11) is 1.95. The van der Waals surface area contributed by atoms with Crippen LogP contribution in [0.3, 0.4) is 0 Å². The Balaban J connectivity index is 1.37. The van der Waals surface area contributed by atoms with Gasteiger partial charge in [0.05, 0.1) is 41.0 Å². The number of nitrogens with zero attached hydrogens (tertiary/aromatic N) is 5. The first-order valence-electron chi connectivity index (χ1n) is 11.7. The minimum absolute atomic E-state index is 0.199. The van der Waals surface area contributed by atoms with Gasteiger partial charge in [-0.15, -0.1) is 0 Å². The number of hydrogen-bond donors (Lipinski definition) is 3. The first-order valence-corrected chi connectivity index (χ1v) is 11.7. The fraction of sp³-hybridized carbons (Fsp3) is 0.231. The summed E-state index contributed by atoms with van der Waals surface area (Å²) in [5, 5.41) is 15.3. The molecule has 6 rings (SSSR count). The fourth-order valence-electron chi connectivity index (χ4n) is 4.80. The highest BCUT2D eigenvalue weighted by molar-refractivity contribution is 6.06. The predicted molar refractivity (Wildman–Crippen MR) is 137 cm³/mol. The summed E-state index contributed by atoms with van der Waals surface area (Å²) in [4.78, 5) is 31.7. The van der Waals surface area contributed by atoms with Gasteiger partial charge in [0.15, 0.2) is 0 Å². The lowest BCUT2D eigenvalue weighted by Crippen LogP contribution is -2.35. The molecule has 0 bridgehead atoms. The largest absolute Gasteiger partial charge is 0.393 e. The van der Waals surface area contributed by atoms with Crippen LogP contribution in [-0.2, 0) is 7.05 Å². The second-order valence-electron chi connectivity index (χ2n) is 8.88. The molecule has 1 fully saturated rings. The van der Waals surface area contributed by atoms with Crippen LogP contribution in [0, 0.1) is 0 Å². The minimum atomic E-state index is -0.216. The zero-order chi connectivity index (χ0) is 23.9. The number of aromatic amines is 1. The quantitative estimate of drug-likeness (QED) is 0.370. The van der Waals surface area contributed by atoms with E-state index >= 15 is 0 Å². The Kier molecular flexibility index (Phi) is 5.18. The van der Waals surface area contributed by atoms with E-state index in [4.69, 9.17) is 4.98 Å². The van der Waals surface area contributed by atoms with E-state index in [1.807, 2.05) is 54.3 Å². The maximum absolute atomic E-state index is 12.9. The third-order valence-electron chi connectivity index (χ3n) is 6.67. The number of rotatable bonds is 4. The van der Waals surface area contributed by atoms with Gasteiger partial charge in [0.25, 0.3) is 5.56 Å². The molecular weight excluding hydrogens is 442 g/mol. The average Bonchev–Trinajstić information content (AvgIpc) is 3.26. The lowest BCUT2D eigenvalue weighted by Gasteiger charge is -2.31. The van der Waals surface area contributed by atoms with Crippen LogP contribution >= 0.6 is 0 Å². The molecule has 0 aliphatic carbocycles. The van der Waals surface area contributed by atoms with Crippen LogP contribution in [0.1, 0.15) is 12.8 Å². The number of aromatic nitrogens is 5. The number of aliphatic hydroxyl groups is 1. The maximum Gasteiger partial charge on any atom is 0.258 e. The molecule has 176 valence electrons. The smallest absolute Gasteiger partial charge is 0.258 e. The van der Waals surface area contributed by atoms with Crippen LogP contribution in [0.5, 0.6) is 0 Å². The summed E-state index contributed by atoms with van der Waals surface area (Å²) in [5.41, 5.74) is 3.92. The molecule has 0 saturated carbocycles. The zero-order valence-corrected chi connectivity index (χ0v) is 19.3. The summed E-state index contributed by atoms with van der Waals surface area (Å²) >= 11 is 0. The van der Waals surface area contributed by atoms with Crippen molar-refractivity contribution in [1.29, 1.82) is 0 Å². The van der Waals surface area contributed by atoms with E-state index in [1.54, 1.807) is 18.6 Å². The summed E-state index contributed by atoms with van der Waals surface area (Å²) in [6.07, 6.45) is 10.2. The average molecular weight is 468 g/mol. The van der Waals surface area contributed by atoms with Gasteiger partial charge in [-0.05, 0) is 43.2 Å². The van der Waals surface area contributed by atoms with E-state index in [-0.39, 0.29) is 11.7 Å². The number of fused-ring (bicyclic) bond motifs is 2. The lowest BCUT2D eigenvalue weighted by molar-refractivity contribution is 0.145. The summed E-state index contributed by atoms with van der Waals surface area (Å²) < 4.78 is 1.96. The van der Waals surface area contributed by atoms with Gasteiger partial charge in [-0.3, -0.25) is 9.78 Å². The first kappa shape index (κ1) is 21.3. The van der Waals surface area contributed by atoms with Crippen LogP contribution in [0.2, 0.25) is 0 Å². The third-order valence-corrected chi connectivity index (χ3v) is 6.67. The predicted octanol–water partition coefficient (Wildman–Crippen LogP) is 3.58. The summed E-state index contributed by atoms with van der Waals surface area (Å²) in [5.74, 6) is 0.624. The number of aliphatic hydroxyl groups excluding tert-OH is 1. The highest BCUT2D eigenvalue weighted by Crippen LogP contribution is 2.34. The third kappa shape index (κ3) is 3.79. The first-order chi connectivity index (χ1) is 17.1. The van der Waals surface area contributed by atoms with Gasteiger partial charge in [-0.1, -0.05) is 0 Å². The molecule has 6 heterocycles. The summed E-state index contributed by atoms with van der Waals surface area (Å²) in [6.45, 7) is 1.62. The molecule has 1 aliphatic rings. The highest BCUT2D eigenvalue weighted by Gasteiger charge is 2.18. The van der Waals surface area contributed by atoms with Gasteiger partial charge < -0.3 is 24.9 Å². The van der Waals surface area contributed by atoms with Crippen LogP contribution in [0.25, 0.3) is 33.1 Å². The molecule has 0 spiro atoms. The molecule has 5 aromatic heterocycles. The van der Waals surface area contributed by atoms with Crippen molar-refractivity contribution < 1.29 is 5.11 Å². The molecular formula is C26H25N7O2. The minimum Gasteiger partial charge on any atom is -0.393 e. The van der Waals surface area contributed by atoms with E-state index in [9.17, 15) is 9.90 Å². The second kappa shape index (κ2) is 8.52. The van der Waals surface area contributed by atoms with Crippen molar-refractivity contribution >= 4 is 39.0 Å². The molecule has 35 heavy (non-hydrogen) atoms. The van der Waals surface area contributed by atoms with Crippen LogP contribution in [-0.4, -0.2) is 48.8 Å². The maximum atomic E-state index is 12.9. The number of pyridine rings is 4. The Morgan fingerprint density at radius 3 is 2.69 bits per heavy atom. The molecule has 1 aliphatic heterocycles. The van der Waals surface area contributed by atoms with Crippen molar-refractivity contribution in [2.75, 3.05) is 23.3 Å². The molecule has 1 saturated heterocycles. The molecule has 5 aromatic rings. The van der Waals surface area contributed by atoms with Crippen molar-refractivity contribution in [1.82, 2.24) is 24.5 Å². The number of H-pyrrole nitrogens is 1. The number of nitrogens with one attached hydrogen (secondary N) is 2. The second-order valence-corrected chi connectivity index (χ2v) is 8.88. The molecule has 9 nitrogen and oxygen atoms in total. The van der Waals surface area contributed by atoms with E-state index in [1.165, 1.54) is 0 Å². The number of piperidine rings is 1. The Morgan fingerprint density at radius 2 is 1.89 bits per heavy atom. The highest BCUT2D eigenvalue weighted by atomic mass is 16.3. The van der Waals surface area contributed by atoms with E-state index < -0.39 is 0 Å². The van der Waals surface area contributed by atoms with Gasteiger partial charge in [0.1, 0.15) is 11.5 Å². The van der Waals surface area contributed by atoms with Crippen LogP contribution in [0.15, 0.2) is 66.1 Å². The SMILES string of the molecule is Cn1ccc2c(-c3ncc(Nc4ccc(N5CCC(O)CC5)cn4)c4c(=O)[nH]ccc34)ccnc21. The Hall–Kier alpha value is -4.24. The van der Waals surface area contributed by atoms with Crippen LogP contribution < -0.4 is 15.8 Å². The topological polar surface area (TPSA) is 112 Å². The molecule has 0 unspecified atom stereocenters. The van der Waals surface area contributed by atoms with E-state index in [2.05, 4.69) is 25.2 Å². The fourth-order valence-corrected chi connectivity index (χ4v) is 4.80. The normalized spacial score (nSPS) is 14.6. The van der Waals surface area contributed by atoms with Gasteiger partial charge >= 0.3 is 0 Å². The Morgan fingerprint density at radius 1 is 1.03 bits per heavy atom. The van der Waals surface area contributed by atoms with Crippen molar-refractivity contribution in [3.63, 3.8) is 0 Å². The Labute approximate surface area is 201 Å². The van der Waals surface area contributed by atoms with Crippen LogP contribution in [0.4, 0.5) is 17.2 Å². The van der Waals surface area contributed by atoms with E-state index in [0.717, 1.165) is 59.3 Å². The van der Waals surface area contributed by atoms with Gasteiger partial charge in [0.2, 0.25) is 0 Å². The van der Waals surface area contributed by atoms with Crippen molar-refractivity contribution in [3.8, 4) is 11.3 Å².